The first-order chi connectivity index (χ1) is 16.3. The molecule has 0 bridgehead atoms. The summed E-state index contributed by atoms with van der Waals surface area (Å²) in [6, 6.07) is 16.3. The number of carboxylic acids is 1. The third-order valence-corrected chi connectivity index (χ3v) is 7.10. The van der Waals surface area contributed by atoms with Gasteiger partial charge in [0.2, 0.25) is 5.91 Å². The molecule has 2 aliphatic rings. The largest absolute Gasteiger partial charge is 0.481 e. The molecular weight excluding hydrogens is 432 g/mol. The fourth-order valence-electron chi connectivity index (χ4n) is 4.87. The molecule has 180 valence electrons. The number of fused-ring (bicyclic) bond motifs is 3. The molecule has 2 amide bonds. The van der Waals surface area contributed by atoms with Crippen molar-refractivity contribution < 1.29 is 24.2 Å². The highest BCUT2D eigenvalue weighted by Gasteiger charge is 2.35. The number of carbonyl (C=O) groups is 3. The van der Waals surface area contributed by atoms with Gasteiger partial charge < -0.3 is 20.5 Å². The lowest BCUT2D eigenvalue weighted by Gasteiger charge is -2.33. The topological polar surface area (TPSA) is 105 Å². The van der Waals surface area contributed by atoms with Crippen LogP contribution >= 0.6 is 0 Å². The quantitative estimate of drug-likeness (QED) is 0.517. The Bertz CT molecular complexity index is 1010. The second-order valence-corrected chi connectivity index (χ2v) is 9.69. The normalized spacial score (nSPS) is 19.5. The van der Waals surface area contributed by atoms with Crippen molar-refractivity contribution in [2.45, 2.75) is 45.1 Å². The van der Waals surface area contributed by atoms with Gasteiger partial charge in [-0.15, -0.1) is 0 Å². The number of rotatable bonds is 9. The lowest BCUT2D eigenvalue weighted by atomic mass is 9.80. The number of amides is 2. The maximum Gasteiger partial charge on any atom is 0.407 e. The SMILES string of the molecule is CC(C)C(CNC(=O)OCC1c2ccccc2-c2ccccc21)CC(=O)NC1CC(C(=O)O)C1. The molecule has 0 heterocycles. The number of alkyl carbamates (subject to hydrolysis) is 1. The first kappa shape index (κ1) is 23.8. The van der Waals surface area contributed by atoms with E-state index in [1.54, 1.807) is 0 Å². The molecule has 3 N–H and O–H groups in total. The van der Waals surface area contributed by atoms with Gasteiger partial charge in [0.15, 0.2) is 0 Å². The molecule has 0 saturated heterocycles. The standard InChI is InChI=1S/C27H32N2O5/c1-16(2)18(13-25(30)29-19-11-17(12-19)26(31)32)14-28-27(33)34-15-24-22-9-5-3-7-20(22)21-8-4-6-10-23(21)24/h3-10,16-19,24H,11-15H2,1-2H3,(H,28,33)(H,29,30)(H,31,32). The monoisotopic (exact) mass is 464 g/mol. The predicted molar refractivity (Wildman–Crippen MR) is 128 cm³/mol. The van der Waals surface area contributed by atoms with E-state index in [2.05, 4.69) is 34.9 Å². The van der Waals surface area contributed by atoms with E-state index in [0.717, 1.165) is 11.1 Å². The first-order valence-electron chi connectivity index (χ1n) is 11.9. The molecule has 2 aliphatic carbocycles. The highest BCUT2D eigenvalue weighted by Crippen LogP contribution is 2.44. The van der Waals surface area contributed by atoms with E-state index in [1.165, 1.54) is 11.1 Å². The number of benzene rings is 2. The summed E-state index contributed by atoms with van der Waals surface area (Å²) in [5, 5.41) is 14.7. The van der Waals surface area contributed by atoms with Crippen molar-refractivity contribution in [1.29, 1.82) is 0 Å². The van der Waals surface area contributed by atoms with Crippen LogP contribution in [0.5, 0.6) is 0 Å². The average Bonchev–Trinajstić information content (AvgIpc) is 3.10. The third kappa shape index (κ3) is 5.24. The van der Waals surface area contributed by atoms with Gasteiger partial charge >= 0.3 is 12.1 Å². The summed E-state index contributed by atoms with van der Waals surface area (Å²) in [4.78, 5) is 35.8. The van der Waals surface area contributed by atoms with Gasteiger partial charge in [0.05, 0.1) is 5.92 Å². The van der Waals surface area contributed by atoms with Gasteiger partial charge in [0.1, 0.15) is 6.61 Å². The van der Waals surface area contributed by atoms with E-state index >= 15 is 0 Å². The van der Waals surface area contributed by atoms with Gasteiger partial charge in [-0.05, 0) is 46.9 Å². The molecule has 2 aromatic carbocycles. The van der Waals surface area contributed by atoms with Gasteiger partial charge in [-0.3, -0.25) is 9.59 Å². The van der Waals surface area contributed by atoms with E-state index in [-0.39, 0.29) is 48.6 Å². The van der Waals surface area contributed by atoms with Crippen LogP contribution in [-0.2, 0) is 14.3 Å². The van der Waals surface area contributed by atoms with E-state index in [0.29, 0.717) is 19.4 Å². The summed E-state index contributed by atoms with van der Waals surface area (Å²) in [6.45, 7) is 4.62. The van der Waals surface area contributed by atoms with Crippen molar-refractivity contribution in [3.8, 4) is 11.1 Å². The average molecular weight is 465 g/mol. The van der Waals surface area contributed by atoms with Crippen LogP contribution in [0.4, 0.5) is 4.79 Å². The van der Waals surface area contributed by atoms with E-state index < -0.39 is 12.1 Å². The molecule has 34 heavy (non-hydrogen) atoms. The van der Waals surface area contributed by atoms with Crippen LogP contribution in [0.2, 0.25) is 0 Å². The molecule has 0 aliphatic heterocycles. The molecule has 0 aromatic heterocycles. The minimum atomic E-state index is -0.808. The number of hydrogen-bond acceptors (Lipinski definition) is 4. The summed E-state index contributed by atoms with van der Waals surface area (Å²) < 4.78 is 5.59. The van der Waals surface area contributed by atoms with Crippen LogP contribution < -0.4 is 10.6 Å². The van der Waals surface area contributed by atoms with Crippen LogP contribution in [0.15, 0.2) is 48.5 Å². The van der Waals surface area contributed by atoms with Crippen molar-refractivity contribution in [2.75, 3.05) is 13.2 Å². The third-order valence-electron chi connectivity index (χ3n) is 7.10. The van der Waals surface area contributed by atoms with Crippen LogP contribution in [0.25, 0.3) is 11.1 Å². The molecule has 0 spiro atoms. The Morgan fingerprint density at radius 1 is 1.00 bits per heavy atom. The fraction of sp³-hybridized carbons (Fsp3) is 0.444. The Labute approximate surface area is 199 Å². The summed E-state index contributed by atoms with van der Waals surface area (Å²) in [5.74, 6) is -1.13. The summed E-state index contributed by atoms with van der Waals surface area (Å²) in [5.41, 5.74) is 4.68. The van der Waals surface area contributed by atoms with Crippen molar-refractivity contribution in [1.82, 2.24) is 10.6 Å². The van der Waals surface area contributed by atoms with Crippen molar-refractivity contribution in [3.05, 3.63) is 59.7 Å². The Morgan fingerprint density at radius 2 is 1.59 bits per heavy atom. The second-order valence-electron chi connectivity index (χ2n) is 9.69. The molecule has 7 heteroatoms. The van der Waals surface area contributed by atoms with E-state index in [4.69, 9.17) is 9.84 Å². The predicted octanol–water partition coefficient (Wildman–Crippen LogP) is 4.17. The first-order valence-corrected chi connectivity index (χ1v) is 11.9. The number of carbonyl (C=O) groups excluding carboxylic acids is 2. The minimum Gasteiger partial charge on any atom is -0.481 e. The van der Waals surface area contributed by atoms with Crippen molar-refractivity contribution in [3.63, 3.8) is 0 Å². The van der Waals surface area contributed by atoms with Crippen molar-refractivity contribution in [2.24, 2.45) is 17.8 Å². The Morgan fingerprint density at radius 3 is 2.15 bits per heavy atom. The summed E-state index contributed by atoms with van der Waals surface area (Å²) in [6.07, 6.45) is 0.739. The van der Waals surface area contributed by atoms with Gasteiger partial charge in [-0.2, -0.15) is 0 Å². The zero-order valence-electron chi connectivity index (χ0n) is 19.6. The number of carboxylic acid groups (broad SMARTS) is 1. The van der Waals surface area contributed by atoms with Gasteiger partial charge in [0, 0.05) is 24.9 Å². The fourth-order valence-corrected chi connectivity index (χ4v) is 4.87. The maximum atomic E-state index is 12.5. The van der Waals surface area contributed by atoms with Gasteiger partial charge in [0.25, 0.3) is 0 Å². The Hall–Kier alpha value is -3.35. The van der Waals surface area contributed by atoms with Crippen LogP contribution in [0.1, 0.15) is 50.2 Å². The van der Waals surface area contributed by atoms with Crippen molar-refractivity contribution >= 4 is 18.0 Å². The molecule has 1 fully saturated rings. The number of nitrogens with one attached hydrogen (secondary N) is 2. The Kier molecular flexibility index (Phi) is 7.20. The summed E-state index contributed by atoms with van der Waals surface area (Å²) in [7, 11) is 0. The molecule has 1 saturated carbocycles. The van der Waals surface area contributed by atoms with E-state index in [9.17, 15) is 14.4 Å². The highest BCUT2D eigenvalue weighted by molar-refractivity contribution is 5.79. The smallest absolute Gasteiger partial charge is 0.407 e. The number of hydrogen-bond donors (Lipinski definition) is 3. The zero-order valence-corrected chi connectivity index (χ0v) is 19.6. The molecule has 0 radical (unpaired) electrons. The minimum absolute atomic E-state index is 0.00179. The van der Waals surface area contributed by atoms with Gasteiger partial charge in [-0.25, -0.2) is 4.79 Å². The van der Waals surface area contributed by atoms with Gasteiger partial charge in [-0.1, -0.05) is 62.4 Å². The molecule has 1 atom stereocenters. The van der Waals surface area contributed by atoms with Crippen LogP contribution in [0.3, 0.4) is 0 Å². The summed E-state index contributed by atoms with van der Waals surface area (Å²) >= 11 is 0. The second kappa shape index (κ2) is 10.3. The maximum absolute atomic E-state index is 12.5. The molecule has 7 nitrogen and oxygen atoms in total. The zero-order chi connectivity index (χ0) is 24.2. The number of aliphatic carboxylic acids is 1. The van der Waals surface area contributed by atoms with E-state index in [1.807, 2.05) is 38.1 Å². The molecule has 4 rings (SSSR count). The lowest BCUT2D eigenvalue weighted by Crippen LogP contribution is -2.47. The molecule has 2 aromatic rings. The molecule has 1 unspecified atom stereocenters. The Balaban J connectivity index is 1.26. The van der Waals surface area contributed by atoms with Crippen LogP contribution in [0, 0.1) is 17.8 Å². The molecular formula is C27H32N2O5. The highest BCUT2D eigenvalue weighted by atomic mass is 16.5. The van der Waals surface area contributed by atoms with Crippen LogP contribution in [-0.4, -0.2) is 42.3 Å². The lowest BCUT2D eigenvalue weighted by molar-refractivity contribution is -0.146. The number of ether oxygens (including phenoxy) is 1.